The Hall–Kier alpha value is -1.94. The van der Waals surface area contributed by atoms with E-state index >= 15 is 0 Å². The van der Waals surface area contributed by atoms with Crippen LogP contribution in [0.5, 0.6) is 0 Å². The molecule has 0 radical (unpaired) electrons. The van der Waals surface area contributed by atoms with Gasteiger partial charge >= 0.3 is 0 Å². The van der Waals surface area contributed by atoms with Crippen LogP contribution in [0.25, 0.3) is 0 Å². The second-order valence-electron chi connectivity index (χ2n) is 4.72. The summed E-state index contributed by atoms with van der Waals surface area (Å²) in [6.07, 6.45) is 1.61. The molecule has 1 N–H and O–H groups in total. The molecule has 0 aliphatic carbocycles. The highest BCUT2D eigenvalue weighted by Gasteiger charge is 2.12. The van der Waals surface area contributed by atoms with Gasteiger partial charge in [0.25, 0.3) is 5.56 Å². The Bertz CT molecular complexity index is 619. The molecule has 1 atom stereocenters. The van der Waals surface area contributed by atoms with Gasteiger partial charge in [-0.3, -0.25) is 9.36 Å². The number of hydrogen-bond donors (Lipinski definition) is 1. The van der Waals surface area contributed by atoms with Crippen molar-refractivity contribution in [3.05, 3.63) is 63.8 Å². The summed E-state index contributed by atoms with van der Waals surface area (Å²) in [4.78, 5) is 16.1. The Morgan fingerprint density at radius 1 is 1.32 bits per heavy atom. The van der Waals surface area contributed by atoms with Crippen molar-refractivity contribution in [2.24, 2.45) is 0 Å². The van der Waals surface area contributed by atoms with Crippen LogP contribution in [-0.4, -0.2) is 16.6 Å². The van der Waals surface area contributed by atoms with Crippen molar-refractivity contribution < 1.29 is 0 Å². The molecule has 0 aliphatic heterocycles. The first kappa shape index (κ1) is 13.5. The zero-order valence-electron chi connectivity index (χ0n) is 11.6. The van der Waals surface area contributed by atoms with Gasteiger partial charge in [-0.15, -0.1) is 0 Å². The Balaban J connectivity index is 2.29. The van der Waals surface area contributed by atoms with E-state index in [0.29, 0.717) is 6.54 Å². The lowest BCUT2D eigenvalue weighted by Gasteiger charge is -2.19. The van der Waals surface area contributed by atoms with E-state index in [1.165, 1.54) is 11.1 Å². The van der Waals surface area contributed by atoms with Crippen LogP contribution in [0.1, 0.15) is 22.9 Å². The number of hydrogen-bond acceptors (Lipinski definition) is 3. The third-order valence-corrected chi connectivity index (χ3v) is 3.31. The Morgan fingerprint density at radius 2 is 2.05 bits per heavy atom. The minimum Gasteiger partial charge on any atom is -0.312 e. The maximum absolute atomic E-state index is 11.9. The zero-order valence-corrected chi connectivity index (χ0v) is 11.6. The SMILES string of the molecule is CNC(Cn1cnc(C)cc1=O)c1ccccc1C. The van der Waals surface area contributed by atoms with Crippen LogP contribution < -0.4 is 10.9 Å². The number of nitrogens with zero attached hydrogens (tertiary/aromatic N) is 2. The van der Waals surface area contributed by atoms with Gasteiger partial charge in [0.05, 0.1) is 12.4 Å². The van der Waals surface area contributed by atoms with Crippen LogP contribution >= 0.6 is 0 Å². The van der Waals surface area contributed by atoms with E-state index in [4.69, 9.17) is 0 Å². The Labute approximate surface area is 113 Å². The molecule has 0 saturated carbocycles. The molecular weight excluding hydrogens is 238 g/mol. The van der Waals surface area contributed by atoms with E-state index < -0.39 is 0 Å². The van der Waals surface area contributed by atoms with Gasteiger partial charge in [0.2, 0.25) is 0 Å². The van der Waals surface area contributed by atoms with E-state index in [0.717, 1.165) is 5.69 Å². The highest BCUT2D eigenvalue weighted by Crippen LogP contribution is 2.18. The summed E-state index contributed by atoms with van der Waals surface area (Å²) in [6, 6.07) is 9.86. The number of aryl methyl sites for hydroxylation is 2. The largest absolute Gasteiger partial charge is 0.312 e. The maximum atomic E-state index is 11.9. The molecule has 0 amide bonds. The van der Waals surface area contributed by atoms with Crippen molar-refractivity contribution in [3.63, 3.8) is 0 Å². The van der Waals surface area contributed by atoms with Crippen molar-refractivity contribution in [2.45, 2.75) is 26.4 Å². The lowest BCUT2D eigenvalue weighted by molar-refractivity contribution is 0.484. The molecule has 0 aliphatic rings. The standard InChI is InChI=1S/C15H19N3O/c1-11-6-4-5-7-13(11)14(16-3)9-18-10-17-12(2)8-15(18)19/h4-8,10,14,16H,9H2,1-3H3. The molecule has 2 rings (SSSR count). The lowest BCUT2D eigenvalue weighted by Crippen LogP contribution is -2.29. The molecule has 100 valence electrons. The predicted molar refractivity (Wildman–Crippen MR) is 76.2 cm³/mol. The molecule has 4 heteroatoms. The van der Waals surface area contributed by atoms with Crippen molar-refractivity contribution in [1.82, 2.24) is 14.9 Å². The highest BCUT2D eigenvalue weighted by atomic mass is 16.1. The van der Waals surface area contributed by atoms with Crippen molar-refractivity contribution in [1.29, 1.82) is 0 Å². The fourth-order valence-electron chi connectivity index (χ4n) is 2.17. The topological polar surface area (TPSA) is 46.9 Å². The molecule has 1 aromatic carbocycles. The summed E-state index contributed by atoms with van der Waals surface area (Å²) in [5.41, 5.74) is 3.16. The summed E-state index contributed by atoms with van der Waals surface area (Å²) < 4.78 is 1.64. The van der Waals surface area contributed by atoms with E-state index in [1.807, 2.05) is 26.1 Å². The van der Waals surface area contributed by atoms with Crippen LogP contribution in [0.15, 0.2) is 41.5 Å². The van der Waals surface area contributed by atoms with Crippen LogP contribution in [-0.2, 0) is 6.54 Å². The van der Waals surface area contributed by atoms with E-state index in [-0.39, 0.29) is 11.6 Å². The fraction of sp³-hybridized carbons (Fsp3) is 0.333. The van der Waals surface area contributed by atoms with Gasteiger partial charge in [-0.2, -0.15) is 0 Å². The van der Waals surface area contributed by atoms with E-state index in [2.05, 4.69) is 29.4 Å². The van der Waals surface area contributed by atoms with E-state index in [1.54, 1.807) is 17.0 Å². The molecule has 19 heavy (non-hydrogen) atoms. The van der Waals surface area contributed by atoms with Crippen LogP contribution in [0.3, 0.4) is 0 Å². The molecule has 2 aromatic rings. The fourth-order valence-corrected chi connectivity index (χ4v) is 2.17. The molecule has 0 bridgehead atoms. The summed E-state index contributed by atoms with van der Waals surface area (Å²) in [6.45, 7) is 4.48. The molecular formula is C15H19N3O. The summed E-state index contributed by atoms with van der Waals surface area (Å²) in [7, 11) is 1.91. The van der Waals surface area contributed by atoms with Crippen molar-refractivity contribution in [3.8, 4) is 0 Å². The van der Waals surface area contributed by atoms with E-state index in [9.17, 15) is 4.79 Å². The molecule has 4 nitrogen and oxygen atoms in total. The summed E-state index contributed by atoms with van der Waals surface area (Å²) in [5, 5.41) is 3.26. The minimum absolute atomic E-state index is 0.0127. The quantitative estimate of drug-likeness (QED) is 0.909. The number of likely N-dealkylation sites (N-methyl/N-ethyl adjacent to an activating group) is 1. The van der Waals surface area contributed by atoms with Crippen LogP contribution in [0.2, 0.25) is 0 Å². The van der Waals surface area contributed by atoms with Crippen LogP contribution in [0.4, 0.5) is 0 Å². The average molecular weight is 257 g/mol. The molecule has 1 heterocycles. The first-order valence-corrected chi connectivity index (χ1v) is 6.37. The van der Waals surface area contributed by atoms with Crippen LogP contribution in [0, 0.1) is 13.8 Å². The second kappa shape index (κ2) is 5.80. The number of nitrogens with one attached hydrogen (secondary N) is 1. The van der Waals surface area contributed by atoms with Gasteiger partial charge in [-0.05, 0) is 32.0 Å². The number of aromatic nitrogens is 2. The first-order valence-electron chi connectivity index (χ1n) is 6.37. The Kier molecular flexibility index (Phi) is 4.12. The van der Waals surface area contributed by atoms with Crippen molar-refractivity contribution >= 4 is 0 Å². The van der Waals surface area contributed by atoms with Gasteiger partial charge in [-0.1, -0.05) is 24.3 Å². The number of rotatable bonds is 4. The van der Waals surface area contributed by atoms with Gasteiger partial charge in [0.15, 0.2) is 0 Å². The normalized spacial score (nSPS) is 12.4. The van der Waals surface area contributed by atoms with Gasteiger partial charge < -0.3 is 5.32 Å². The summed E-state index contributed by atoms with van der Waals surface area (Å²) >= 11 is 0. The van der Waals surface area contributed by atoms with Gasteiger partial charge in [0.1, 0.15) is 0 Å². The second-order valence-corrected chi connectivity index (χ2v) is 4.72. The third-order valence-electron chi connectivity index (χ3n) is 3.31. The Morgan fingerprint density at radius 3 is 2.68 bits per heavy atom. The van der Waals surface area contributed by atoms with Gasteiger partial charge in [-0.25, -0.2) is 4.98 Å². The van der Waals surface area contributed by atoms with Crippen molar-refractivity contribution in [2.75, 3.05) is 7.05 Å². The zero-order chi connectivity index (χ0) is 13.8. The molecule has 1 unspecified atom stereocenters. The third kappa shape index (κ3) is 3.09. The predicted octanol–water partition coefficient (Wildman–Crippen LogP) is 1.82. The minimum atomic E-state index is -0.0127. The molecule has 0 spiro atoms. The number of benzene rings is 1. The maximum Gasteiger partial charge on any atom is 0.253 e. The molecule has 0 saturated heterocycles. The molecule has 0 fully saturated rings. The highest BCUT2D eigenvalue weighted by molar-refractivity contribution is 5.28. The van der Waals surface area contributed by atoms with Gasteiger partial charge in [0, 0.05) is 18.3 Å². The smallest absolute Gasteiger partial charge is 0.253 e. The monoisotopic (exact) mass is 257 g/mol. The lowest BCUT2D eigenvalue weighted by atomic mass is 10.0. The summed E-state index contributed by atoms with van der Waals surface area (Å²) in [5.74, 6) is 0. The average Bonchev–Trinajstić information content (AvgIpc) is 2.39. The first-order chi connectivity index (χ1) is 9.11. The molecule has 1 aromatic heterocycles.